The van der Waals surface area contributed by atoms with Gasteiger partial charge in [0.2, 0.25) is 0 Å². The van der Waals surface area contributed by atoms with E-state index in [9.17, 15) is 13.2 Å². The van der Waals surface area contributed by atoms with Crippen molar-refractivity contribution in [2.24, 2.45) is 17.0 Å². The molecule has 0 spiro atoms. The summed E-state index contributed by atoms with van der Waals surface area (Å²) in [5.74, 6) is 1.84. The second kappa shape index (κ2) is 9.56. The third-order valence-corrected chi connectivity index (χ3v) is 6.05. The van der Waals surface area contributed by atoms with E-state index in [0.717, 1.165) is 42.5 Å². The van der Waals surface area contributed by atoms with Crippen LogP contribution in [0.4, 0.5) is 10.5 Å². The van der Waals surface area contributed by atoms with Gasteiger partial charge < -0.3 is 23.9 Å². The molecule has 1 saturated heterocycles. The van der Waals surface area contributed by atoms with E-state index < -0.39 is 16.4 Å². The van der Waals surface area contributed by atoms with Gasteiger partial charge in [0.1, 0.15) is 0 Å². The zero-order chi connectivity index (χ0) is 22.6. The van der Waals surface area contributed by atoms with Crippen molar-refractivity contribution in [3.63, 3.8) is 0 Å². The molecule has 0 radical (unpaired) electrons. The Bertz CT molecular complexity index is 1040. The van der Waals surface area contributed by atoms with Crippen molar-refractivity contribution < 1.29 is 26.9 Å². The van der Waals surface area contributed by atoms with Crippen LogP contribution in [0.5, 0.6) is 11.5 Å². The number of nitrogens with zero attached hydrogens (tertiary/aromatic N) is 2. The number of methoxy groups -OCH3 is 2. The van der Waals surface area contributed by atoms with Crippen molar-refractivity contribution >= 4 is 33.0 Å². The summed E-state index contributed by atoms with van der Waals surface area (Å²) >= 11 is 0. The van der Waals surface area contributed by atoms with Crippen LogP contribution in [0.1, 0.15) is 19.8 Å². The lowest BCUT2D eigenvalue weighted by Gasteiger charge is -2.36. The van der Waals surface area contributed by atoms with Crippen LogP contribution in [0.2, 0.25) is 0 Å². The average Bonchev–Trinajstić information content (AvgIpc) is 2.75. The SMILES string of the molecule is COc1cc2nccc(N3CCC(C(C)CNC(=O)OS(N)(=O)=O)CC3)c2cc1OC. The van der Waals surface area contributed by atoms with Gasteiger partial charge in [0.25, 0.3) is 0 Å². The lowest BCUT2D eigenvalue weighted by Crippen LogP contribution is -2.39. The van der Waals surface area contributed by atoms with Crippen molar-refractivity contribution in [1.29, 1.82) is 0 Å². The maximum Gasteiger partial charge on any atom is 0.423 e. The van der Waals surface area contributed by atoms with E-state index in [2.05, 4.69) is 19.4 Å². The largest absolute Gasteiger partial charge is 0.493 e. The van der Waals surface area contributed by atoms with Gasteiger partial charge in [-0.2, -0.15) is 13.6 Å². The van der Waals surface area contributed by atoms with Crippen molar-refractivity contribution in [3.05, 3.63) is 24.4 Å². The molecule has 1 fully saturated rings. The van der Waals surface area contributed by atoms with Crippen LogP contribution in [0, 0.1) is 11.8 Å². The molecule has 1 aromatic carbocycles. The molecule has 3 N–H and O–H groups in total. The zero-order valence-electron chi connectivity index (χ0n) is 17.8. The number of carbonyl (C=O) groups is 1. The molecule has 1 aromatic heterocycles. The fourth-order valence-corrected chi connectivity index (χ4v) is 4.26. The van der Waals surface area contributed by atoms with Crippen molar-refractivity contribution in [2.75, 3.05) is 38.8 Å². The van der Waals surface area contributed by atoms with Gasteiger partial charge in [-0.05, 0) is 36.8 Å². The first-order valence-electron chi connectivity index (χ1n) is 9.97. The lowest BCUT2D eigenvalue weighted by atomic mass is 9.85. The lowest BCUT2D eigenvalue weighted by molar-refractivity contribution is 0.196. The normalized spacial score (nSPS) is 16.1. The minimum Gasteiger partial charge on any atom is -0.493 e. The Kier molecular flexibility index (Phi) is 7.06. The molecule has 3 rings (SSSR count). The van der Waals surface area contributed by atoms with Crippen LogP contribution < -0.4 is 24.8 Å². The number of hydrogen-bond acceptors (Lipinski definition) is 8. The van der Waals surface area contributed by atoms with Crippen LogP contribution in [-0.2, 0) is 14.5 Å². The van der Waals surface area contributed by atoms with E-state index in [0.29, 0.717) is 24.0 Å². The number of anilines is 1. The predicted molar refractivity (Wildman–Crippen MR) is 117 cm³/mol. The molecule has 1 aliphatic heterocycles. The minimum atomic E-state index is -4.30. The summed E-state index contributed by atoms with van der Waals surface area (Å²) in [5.41, 5.74) is 1.93. The molecule has 0 saturated carbocycles. The second-order valence-corrected chi connectivity index (χ2v) is 8.75. The Morgan fingerprint density at radius 1 is 1.26 bits per heavy atom. The Morgan fingerprint density at radius 3 is 2.52 bits per heavy atom. The Balaban J connectivity index is 1.64. The first-order valence-corrected chi connectivity index (χ1v) is 11.4. The highest BCUT2D eigenvalue weighted by Crippen LogP contribution is 2.37. The summed E-state index contributed by atoms with van der Waals surface area (Å²) < 4.78 is 36.5. The number of nitrogens with two attached hydrogens (primary N) is 1. The summed E-state index contributed by atoms with van der Waals surface area (Å²) in [4.78, 5) is 18.3. The third-order valence-electron chi connectivity index (χ3n) is 5.67. The number of ether oxygens (including phenoxy) is 2. The number of piperidine rings is 1. The predicted octanol–water partition coefficient (Wildman–Crippen LogP) is 2.03. The number of hydrogen-bond donors (Lipinski definition) is 2. The molecule has 0 bridgehead atoms. The van der Waals surface area contributed by atoms with Gasteiger partial charge in [-0.1, -0.05) is 6.92 Å². The summed E-state index contributed by atoms with van der Waals surface area (Å²) in [6, 6.07) is 5.83. The van der Waals surface area contributed by atoms with E-state index >= 15 is 0 Å². The van der Waals surface area contributed by atoms with Crippen molar-refractivity contribution in [3.8, 4) is 11.5 Å². The number of carbonyl (C=O) groups excluding carboxylic acids is 1. The van der Waals surface area contributed by atoms with Crippen LogP contribution in [0.15, 0.2) is 24.4 Å². The molecule has 10 nitrogen and oxygen atoms in total. The number of fused-ring (bicyclic) bond motifs is 1. The van der Waals surface area contributed by atoms with Crippen molar-refractivity contribution in [2.45, 2.75) is 19.8 Å². The van der Waals surface area contributed by atoms with E-state index in [1.807, 2.05) is 25.1 Å². The number of benzene rings is 1. The number of rotatable bonds is 7. The molecular weight excluding hydrogens is 424 g/mol. The minimum absolute atomic E-state index is 0.161. The topological polar surface area (TPSA) is 133 Å². The number of nitrogens with one attached hydrogen (secondary N) is 1. The molecule has 1 amide bonds. The molecule has 2 heterocycles. The second-order valence-electron chi connectivity index (χ2n) is 7.60. The van der Waals surface area contributed by atoms with Gasteiger partial charge in [-0.25, -0.2) is 4.79 Å². The van der Waals surface area contributed by atoms with E-state index in [4.69, 9.17) is 14.6 Å². The molecule has 170 valence electrons. The standard InChI is InChI=1S/C20H28N4O6S/c1-13(12-23-20(25)30-31(21,26)27)14-5-8-24(9-6-14)17-4-7-22-16-11-19(29-3)18(28-2)10-15(16)17/h4,7,10-11,13-14H,5-6,8-9,12H2,1-3H3,(H,23,25)(H2,21,26,27). The fourth-order valence-electron chi connectivity index (χ4n) is 3.99. The monoisotopic (exact) mass is 452 g/mol. The van der Waals surface area contributed by atoms with Crippen LogP contribution in [-0.4, -0.2) is 53.3 Å². The fraction of sp³-hybridized carbons (Fsp3) is 0.500. The van der Waals surface area contributed by atoms with Gasteiger partial charge in [-0.15, -0.1) is 0 Å². The van der Waals surface area contributed by atoms with Gasteiger partial charge in [-0.3, -0.25) is 4.98 Å². The summed E-state index contributed by atoms with van der Waals surface area (Å²) in [7, 11) is -1.09. The quantitative estimate of drug-likeness (QED) is 0.652. The Hall–Kier alpha value is -2.79. The van der Waals surface area contributed by atoms with Gasteiger partial charge >= 0.3 is 16.4 Å². The van der Waals surface area contributed by atoms with E-state index in [1.165, 1.54) is 0 Å². The average molecular weight is 453 g/mol. The molecule has 11 heteroatoms. The highest BCUT2D eigenvalue weighted by molar-refractivity contribution is 7.84. The van der Waals surface area contributed by atoms with Gasteiger partial charge in [0.05, 0.1) is 19.7 Å². The van der Waals surface area contributed by atoms with Crippen molar-refractivity contribution in [1.82, 2.24) is 10.3 Å². The summed E-state index contributed by atoms with van der Waals surface area (Å²) in [6.07, 6.45) is 2.60. The molecule has 2 aromatic rings. The van der Waals surface area contributed by atoms with E-state index in [-0.39, 0.29) is 5.92 Å². The first-order chi connectivity index (χ1) is 14.7. The number of pyridine rings is 1. The third kappa shape index (κ3) is 5.67. The van der Waals surface area contributed by atoms with Crippen LogP contribution >= 0.6 is 0 Å². The smallest absolute Gasteiger partial charge is 0.423 e. The Labute approximate surface area is 181 Å². The van der Waals surface area contributed by atoms with Gasteiger partial charge in [0.15, 0.2) is 11.5 Å². The molecule has 1 unspecified atom stereocenters. The highest BCUT2D eigenvalue weighted by Gasteiger charge is 2.26. The zero-order valence-corrected chi connectivity index (χ0v) is 18.6. The Morgan fingerprint density at radius 2 is 1.90 bits per heavy atom. The van der Waals surface area contributed by atoms with Crippen LogP contribution in [0.25, 0.3) is 10.9 Å². The van der Waals surface area contributed by atoms with Crippen LogP contribution in [0.3, 0.4) is 0 Å². The first kappa shape index (κ1) is 22.9. The number of aromatic nitrogens is 1. The number of amides is 1. The maximum atomic E-state index is 11.5. The molecule has 31 heavy (non-hydrogen) atoms. The van der Waals surface area contributed by atoms with E-state index in [1.54, 1.807) is 20.4 Å². The molecule has 1 aliphatic rings. The molecular formula is C20H28N4O6S. The molecule has 1 atom stereocenters. The van der Waals surface area contributed by atoms with Gasteiger partial charge in [0, 0.05) is 43.0 Å². The maximum absolute atomic E-state index is 11.5. The molecule has 0 aliphatic carbocycles. The summed E-state index contributed by atoms with van der Waals surface area (Å²) in [6.45, 7) is 4.04. The summed E-state index contributed by atoms with van der Waals surface area (Å²) in [5, 5.41) is 8.15. The highest BCUT2D eigenvalue weighted by atomic mass is 32.2.